The summed E-state index contributed by atoms with van der Waals surface area (Å²) in [4.78, 5) is 75.7. The maximum Gasteiger partial charge on any atom is 0.251 e. The lowest BCUT2D eigenvalue weighted by Crippen LogP contribution is -2.57. The van der Waals surface area contributed by atoms with Crippen LogP contribution in [-0.2, 0) is 19.2 Å². The van der Waals surface area contributed by atoms with E-state index in [2.05, 4.69) is 41.4 Å². The zero-order chi connectivity index (χ0) is 43.7. The number of nitrogens with one attached hydrogen (secondary N) is 1. The van der Waals surface area contributed by atoms with Gasteiger partial charge in [0, 0.05) is 63.0 Å². The molecule has 2 aromatic rings. The molecule has 326 valence electrons. The molecule has 2 saturated carbocycles. The number of hydrogen-bond acceptors (Lipinski definition) is 11. The summed E-state index contributed by atoms with van der Waals surface area (Å²) in [6.45, 7) is 6.20. The molecule has 5 N–H and O–H groups in total. The van der Waals surface area contributed by atoms with E-state index in [4.69, 9.17) is 11.5 Å². The largest absolute Gasteiger partial charge is 0.355 e. The fraction of sp³-hybridized carbons (Fsp3) is 0.587. The van der Waals surface area contributed by atoms with Gasteiger partial charge in [0.2, 0.25) is 23.6 Å². The molecule has 6 saturated heterocycles. The molecule has 0 unspecified atom stereocenters. The van der Waals surface area contributed by atoms with Crippen molar-refractivity contribution in [3.05, 3.63) is 71.3 Å². The second-order valence-corrected chi connectivity index (χ2v) is 18.8. The highest BCUT2D eigenvalue weighted by atomic mass is 16.2. The van der Waals surface area contributed by atoms with Gasteiger partial charge in [0.15, 0.2) is 0 Å². The summed E-state index contributed by atoms with van der Waals surface area (Å²) in [5.74, 6) is 0.652. The van der Waals surface area contributed by atoms with Gasteiger partial charge in [0.25, 0.3) is 5.91 Å². The van der Waals surface area contributed by atoms with E-state index in [1.165, 1.54) is 0 Å². The van der Waals surface area contributed by atoms with Gasteiger partial charge in [-0.3, -0.25) is 33.8 Å². The normalized spacial score (nSPS) is 33.2. The Morgan fingerprint density at radius 1 is 0.694 bits per heavy atom. The molecule has 16 heteroatoms. The lowest BCUT2D eigenvalue weighted by molar-refractivity contribution is -0.141. The van der Waals surface area contributed by atoms with Crippen molar-refractivity contribution in [2.75, 3.05) is 33.2 Å². The zero-order valence-corrected chi connectivity index (χ0v) is 35.6. The average molecular weight is 844 g/mol. The molecule has 62 heavy (non-hydrogen) atoms. The van der Waals surface area contributed by atoms with Crippen LogP contribution in [0.3, 0.4) is 0 Å². The van der Waals surface area contributed by atoms with Crippen molar-refractivity contribution in [1.82, 2.24) is 34.7 Å². The van der Waals surface area contributed by atoms with Crippen LogP contribution < -0.4 is 16.8 Å². The minimum Gasteiger partial charge on any atom is -0.355 e. The molecule has 2 aliphatic carbocycles. The van der Waals surface area contributed by atoms with Crippen molar-refractivity contribution < 1.29 is 24.0 Å². The molecule has 0 spiro atoms. The van der Waals surface area contributed by atoms with Crippen LogP contribution in [0.5, 0.6) is 0 Å². The first kappa shape index (κ1) is 41.9. The molecule has 16 nitrogen and oxygen atoms in total. The van der Waals surface area contributed by atoms with Crippen LogP contribution in [0.25, 0.3) is 0 Å². The number of benzene rings is 2. The Morgan fingerprint density at radius 2 is 1.16 bits per heavy atom. The van der Waals surface area contributed by atoms with Gasteiger partial charge in [-0.2, -0.15) is 10.5 Å². The third-order valence-corrected chi connectivity index (χ3v) is 15.1. The Labute approximate surface area is 362 Å². The van der Waals surface area contributed by atoms with E-state index in [0.29, 0.717) is 43.5 Å². The number of carbonyl (C=O) groups is 5. The van der Waals surface area contributed by atoms with E-state index in [1.807, 2.05) is 58.0 Å². The van der Waals surface area contributed by atoms with E-state index < -0.39 is 12.1 Å². The summed E-state index contributed by atoms with van der Waals surface area (Å²) in [6.07, 6.45) is 5.01. The van der Waals surface area contributed by atoms with Gasteiger partial charge in [0.1, 0.15) is 12.1 Å². The zero-order valence-electron chi connectivity index (χ0n) is 35.6. The minimum atomic E-state index is -0.734. The van der Waals surface area contributed by atoms with Gasteiger partial charge in [-0.15, -0.1) is 0 Å². The molecule has 4 bridgehead atoms. The van der Waals surface area contributed by atoms with Gasteiger partial charge in [-0.25, -0.2) is 0 Å². The van der Waals surface area contributed by atoms with Gasteiger partial charge in [-0.05, 0) is 87.5 Å². The summed E-state index contributed by atoms with van der Waals surface area (Å²) < 4.78 is 0. The Morgan fingerprint density at radius 3 is 1.61 bits per heavy atom. The second-order valence-electron chi connectivity index (χ2n) is 18.8. The molecule has 14 atom stereocenters. The number of nitrogens with zero attached hydrogens (tertiary/aromatic N) is 8. The number of piperidine rings is 2. The van der Waals surface area contributed by atoms with Crippen molar-refractivity contribution in [2.24, 2.45) is 23.3 Å². The molecule has 0 radical (unpaired) electrons. The monoisotopic (exact) mass is 843 g/mol. The predicted molar refractivity (Wildman–Crippen MR) is 226 cm³/mol. The smallest absolute Gasteiger partial charge is 0.251 e. The lowest BCUT2D eigenvalue weighted by Gasteiger charge is -2.38. The van der Waals surface area contributed by atoms with Crippen molar-refractivity contribution >= 4 is 29.5 Å². The topological polar surface area (TPSA) is 216 Å². The standard InChI is InChI=1S/C24H30N6O3.C22H27N5O2/c1-13(14-4-3-5-15(6-14)22(31)27-2)29-18-9-21(24(29)33)28(11-18)12-19(26)23(32)30-17(10-25)7-16-8-20(16)30;1-13(14-5-3-2-4-6-14)26-17-9-20(22(26)29)25(11-17)12-18(24)21(28)27-16(10-23)7-15-8-19(15)27/h3-6,13,16-21H,7-9,11-12,26H2,1-2H3,(H,27,31);2-6,13,15-20H,7-9,11-12,24H2,1H3/t13-,16-,17+,18+,19+,20+,21+;13-,15-,16+,17+,18+,19+,20+/m11/s1. The summed E-state index contributed by atoms with van der Waals surface area (Å²) >= 11 is 0. The first-order chi connectivity index (χ1) is 29.8. The van der Waals surface area contributed by atoms with E-state index in [0.717, 1.165) is 49.8 Å². The number of likely N-dealkylation sites (tertiary alicyclic amines) is 6. The second kappa shape index (κ2) is 16.4. The van der Waals surface area contributed by atoms with Crippen LogP contribution in [0.4, 0.5) is 0 Å². The van der Waals surface area contributed by atoms with Gasteiger partial charge in [0.05, 0.1) is 48.4 Å². The van der Waals surface area contributed by atoms with Crippen molar-refractivity contribution in [3.63, 3.8) is 0 Å². The van der Waals surface area contributed by atoms with Crippen LogP contribution in [0, 0.1) is 34.5 Å². The Bertz CT molecular complexity index is 2210. The molecule has 8 fully saturated rings. The van der Waals surface area contributed by atoms with Crippen LogP contribution in [-0.4, -0.2) is 153 Å². The maximum atomic E-state index is 13.3. The number of fused-ring (bicyclic) bond motifs is 6. The first-order valence-electron chi connectivity index (χ1n) is 22.3. The lowest BCUT2D eigenvalue weighted by atomic mass is 10.0. The van der Waals surface area contributed by atoms with E-state index in [-0.39, 0.29) is 90.0 Å². The summed E-state index contributed by atoms with van der Waals surface area (Å²) in [7, 11) is 1.60. The van der Waals surface area contributed by atoms with E-state index in [9.17, 15) is 34.5 Å². The number of hydrogen-bond donors (Lipinski definition) is 3. The van der Waals surface area contributed by atoms with Crippen LogP contribution >= 0.6 is 0 Å². The third kappa shape index (κ3) is 7.30. The molecule has 6 heterocycles. The number of nitrogens with two attached hydrogens (primary N) is 2. The number of nitriles is 2. The van der Waals surface area contributed by atoms with Gasteiger partial charge < -0.3 is 36.4 Å². The summed E-state index contributed by atoms with van der Waals surface area (Å²) in [6, 6.07) is 19.8. The number of piperazine rings is 2. The molecule has 8 aliphatic rings. The van der Waals surface area contributed by atoms with Crippen molar-refractivity contribution in [2.45, 2.75) is 125 Å². The highest BCUT2D eigenvalue weighted by molar-refractivity contribution is 5.94. The molecule has 6 aliphatic heterocycles. The van der Waals surface area contributed by atoms with Gasteiger partial charge in [-0.1, -0.05) is 42.5 Å². The minimum absolute atomic E-state index is 0.0436. The number of carbonyl (C=O) groups excluding carboxylic acids is 5. The maximum absolute atomic E-state index is 13.3. The third-order valence-electron chi connectivity index (χ3n) is 15.1. The van der Waals surface area contributed by atoms with Crippen molar-refractivity contribution in [1.29, 1.82) is 10.5 Å². The fourth-order valence-electron chi connectivity index (χ4n) is 11.8. The quantitative estimate of drug-likeness (QED) is 0.291. The highest BCUT2D eigenvalue weighted by Crippen LogP contribution is 2.49. The Kier molecular flexibility index (Phi) is 11.1. The number of amides is 5. The van der Waals surface area contributed by atoms with E-state index >= 15 is 0 Å². The molecule has 0 aromatic heterocycles. The van der Waals surface area contributed by atoms with Crippen LogP contribution in [0.2, 0.25) is 0 Å². The molecule has 10 rings (SSSR count). The van der Waals surface area contributed by atoms with Gasteiger partial charge >= 0.3 is 0 Å². The molecule has 5 amide bonds. The average Bonchev–Trinajstić information content (AvgIpc) is 3.76. The summed E-state index contributed by atoms with van der Waals surface area (Å²) in [5, 5.41) is 21.4. The first-order valence-corrected chi connectivity index (χ1v) is 22.3. The highest BCUT2D eigenvalue weighted by Gasteiger charge is 2.58. The van der Waals surface area contributed by atoms with Crippen LogP contribution in [0.1, 0.15) is 85.9 Å². The predicted octanol–water partition coefficient (Wildman–Crippen LogP) is 1.11. The Hall–Kier alpha value is -5.39. The molecule has 2 aromatic carbocycles. The molecular weight excluding hydrogens is 787 g/mol. The van der Waals surface area contributed by atoms with Crippen molar-refractivity contribution in [3.8, 4) is 12.1 Å². The SMILES string of the molecule is CNC(=O)c1cccc([C@@H](C)N2C(=O)[C@@H]3C[C@H]2CN3C[C@H](N)C(=O)N2[C@H](C#N)C[C@@H]3C[C@@H]32)c1.C[C@H](c1ccccc1)N1C(=O)[C@@H]2C[C@H]1CN2C[C@H](N)C(=O)N1[C@H](C#N)C[C@@H]2C[C@@H]21. The Balaban J connectivity index is 0.000000159. The molecular formula is C46H57N11O5. The fourth-order valence-corrected chi connectivity index (χ4v) is 11.8. The number of rotatable bonds is 11. The van der Waals surface area contributed by atoms with E-state index in [1.54, 1.807) is 22.9 Å². The summed E-state index contributed by atoms with van der Waals surface area (Å²) in [5.41, 5.74) is 15.2. The van der Waals surface area contributed by atoms with Crippen LogP contribution in [0.15, 0.2) is 54.6 Å².